The maximum atomic E-state index is 13.0. The van der Waals surface area contributed by atoms with Crippen LogP contribution in [0.15, 0.2) is 82.6 Å². The fourth-order valence-electron chi connectivity index (χ4n) is 8.28. The lowest BCUT2D eigenvalue weighted by Crippen LogP contribution is -2.33. The fourth-order valence-corrected chi connectivity index (χ4v) is 11.7. The van der Waals surface area contributed by atoms with Crippen LogP contribution in [0.3, 0.4) is 0 Å². The lowest BCUT2D eigenvalue weighted by Gasteiger charge is -2.33. The van der Waals surface area contributed by atoms with Crippen LogP contribution in [0.25, 0.3) is 0 Å². The van der Waals surface area contributed by atoms with E-state index in [0.717, 1.165) is 46.5 Å². The minimum absolute atomic E-state index is 0.00629. The topological polar surface area (TPSA) is 170 Å². The van der Waals surface area contributed by atoms with Crippen molar-refractivity contribution in [1.82, 2.24) is 19.8 Å². The first-order valence-corrected chi connectivity index (χ1v) is 27.0. The molecule has 1 amide bonds. The van der Waals surface area contributed by atoms with Crippen molar-refractivity contribution in [1.29, 1.82) is 0 Å². The van der Waals surface area contributed by atoms with Crippen LogP contribution in [0.4, 0.5) is 0 Å². The van der Waals surface area contributed by atoms with Gasteiger partial charge in [-0.05, 0) is 109 Å². The highest BCUT2D eigenvalue weighted by Gasteiger charge is 2.29. The van der Waals surface area contributed by atoms with Crippen LogP contribution < -0.4 is 10.0 Å². The molecular formula is C48H58Cl4N4O10S2. The average molecular weight is 1060 g/mol. The van der Waals surface area contributed by atoms with Gasteiger partial charge in [0.2, 0.25) is 15.8 Å². The minimum Gasteiger partial charge on any atom is -0.379 e. The van der Waals surface area contributed by atoms with E-state index in [4.69, 9.17) is 65.4 Å². The quantitative estimate of drug-likeness (QED) is 0.0483. The third-order valence-corrected chi connectivity index (χ3v) is 16.1. The number of benzene rings is 4. The summed E-state index contributed by atoms with van der Waals surface area (Å²) in [6, 6.07) is 21.2. The number of sulfone groups is 1. The number of amides is 1. The molecule has 0 aromatic heterocycles. The third-order valence-electron chi connectivity index (χ3n) is 11.7. The summed E-state index contributed by atoms with van der Waals surface area (Å²) in [5, 5.41) is 4.91. The standard InChI is InChI=1S/C48H58Cl4N4O10S2/c1-55-29-41(39-25-35(49)27-45(51)43(39)31-55)33-6-10-37(11-7-33)67(59,60)24-4-17-64-21-22-65-18-14-53-48(58)47(57)5-3-16-63-20-23-66-19-15-54-68(61,62)38-12-8-34(9-13-38)42-30-56(2)32-44-40(42)26-36(50)28-46(44)52/h6-13,25-28,41-42,54H,3-5,14-24,29-32H2,1-2H3,(H,53,58). The minimum atomic E-state index is -3.76. The van der Waals surface area contributed by atoms with E-state index in [9.17, 15) is 26.4 Å². The molecule has 14 nitrogen and oxygen atoms in total. The number of rotatable bonds is 26. The highest BCUT2D eigenvalue weighted by atomic mass is 35.5. The van der Waals surface area contributed by atoms with Crippen LogP contribution in [0, 0.1) is 0 Å². The molecule has 4 aromatic carbocycles. The number of halogens is 4. The number of carbonyl (C=O) groups excluding carboxylic acids is 2. The fraction of sp³-hybridized carbons (Fsp3) is 0.458. The van der Waals surface area contributed by atoms with Crippen molar-refractivity contribution in [2.75, 3.05) is 98.9 Å². The number of likely N-dealkylation sites (N-methyl/N-ethyl adjacent to an activating group) is 2. The maximum absolute atomic E-state index is 13.0. The second-order valence-electron chi connectivity index (χ2n) is 16.8. The number of ketones is 1. The molecule has 0 saturated heterocycles. The largest absolute Gasteiger partial charge is 0.379 e. The van der Waals surface area contributed by atoms with Gasteiger partial charge in [0.05, 0.1) is 55.2 Å². The zero-order valence-electron chi connectivity index (χ0n) is 38.1. The SMILES string of the molecule is CN1Cc2c(Cl)cc(Cl)cc2C(c2ccc(S(=O)(=O)CCCOCCOCCNC(=O)C(=O)CCCOCCOCCNS(=O)(=O)c3ccc(C4CN(C)Cc5c(Cl)cc(Cl)cc54)cc3)cc2)C1. The van der Waals surface area contributed by atoms with Crippen molar-refractivity contribution in [2.24, 2.45) is 0 Å². The van der Waals surface area contributed by atoms with Gasteiger partial charge in [-0.1, -0.05) is 70.7 Å². The van der Waals surface area contributed by atoms with Gasteiger partial charge in [0.1, 0.15) is 0 Å². The number of sulfonamides is 1. The lowest BCUT2D eigenvalue weighted by molar-refractivity contribution is -0.138. The predicted octanol–water partition coefficient (Wildman–Crippen LogP) is 7.13. The summed E-state index contributed by atoms with van der Waals surface area (Å²) in [7, 11) is -3.23. The number of hydrogen-bond acceptors (Lipinski definition) is 12. The Labute approximate surface area is 419 Å². The number of ether oxygens (including phenoxy) is 4. The van der Waals surface area contributed by atoms with Crippen molar-refractivity contribution in [3.8, 4) is 0 Å². The number of hydrogen-bond donors (Lipinski definition) is 2. The Kier molecular flexibility index (Phi) is 20.5. The van der Waals surface area contributed by atoms with Gasteiger partial charge < -0.3 is 34.1 Å². The molecule has 0 aliphatic carbocycles. The van der Waals surface area contributed by atoms with Crippen molar-refractivity contribution < 1.29 is 45.4 Å². The first-order chi connectivity index (χ1) is 32.5. The van der Waals surface area contributed by atoms with Gasteiger partial charge in [0.15, 0.2) is 9.84 Å². The Morgan fingerprint density at radius 2 is 1.06 bits per heavy atom. The molecule has 0 radical (unpaired) electrons. The summed E-state index contributed by atoms with van der Waals surface area (Å²) in [6.07, 6.45) is 0.669. The van der Waals surface area contributed by atoms with Crippen LogP contribution in [0.5, 0.6) is 0 Å². The zero-order valence-corrected chi connectivity index (χ0v) is 42.8. The summed E-state index contributed by atoms with van der Waals surface area (Å²) in [5.41, 5.74) is 6.10. The summed E-state index contributed by atoms with van der Waals surface area (Å²) in [5.74, 6) is -1.33. The Bertz CT molecular complexity index is 2400. The summed E-state index contributed by atoms with van der Waals surface area (Å²) < 4.78 is 76.4. The molecule has 68 heavy (non-hydrogen) atoms. The zero-order chi connectivity index (χ0) is 48.8. The van der Waals surface area contributed by atoms with Crippen molar-refractivity contribution in [2.45, 2.75) is 54.0 Å². The highest BCUT2D eigenvalue weighted by Crippen LogP contribution is 2.40. The van der Waals surface area contributed by atoms with Gasteiger partial charge in [0, 0.05) is 90.8 Å². The van der Waals surface area contributed by atoms with E-state index in [1.165, 1.54) is 0 Å². The number of fused-ring (bicyclic) bond motifs is 2. The predicted molar refractivity (Wildman–Crippen MR) is 265 cm³/mol. The van der Waals surface area contributed by atoms with E-state index in [0.29, 0.717) is 46.0 Å². The molecule has 0 bridgehead atoms. The molecule has 4 aromatic rings. The van der Waals surface area contributed by atoms with Crippen molar-refractivity contribution in [3.63, 3.8) is 0 Å². The van der Waals surface area contributed by atoms with Gasteiger partial charge >= 0.3 is 0 Å². The molecule has 6 rings (SSSR count). The normalized spacial score (nSPS) is 16.6. The average Bonchev–Trinajstić information content (AvgIpc) is 3.30. The molecule has 0 fully saturated rings. The molecule has 20 heteroatoms. The Hall–Kier alpha value is -3.20. The van der Waals surface area contributed by atoms with Crippen LogP contribution in [-0.4, -0.2) is 137 Å². The Morgan fingerprint density at radius 1 is 0.603 bits per heavy atom. The second-order valence-corrected chi connectivity index (χ2v) is 22.4. The maximum Gasteiger partial charge on any atom is 0.287 e. The van der Waals surface area contributed by atoms with E-state index >= 15 is 0 Å². The van der Waals surface area contributed by atoms with Gasteiger partial charge in [-0.3, -0.25) is 9.59 Å². The van der Waals surface area contributed by atoms with Crippen LogP contribution >= 0.6 is 46.4 Å². The molecule has 2 atom stereocenters. The third kappa shape index (κ3) is 15.4. The van der Waals surface area contributed by atoms with E-state index in [2.05, 4.69) is 19.8 Å². The Morgan fingerprint density at radius 3 is 1.57 bits per heavy atom. The van der Waals surface area contributed by atoms with Crippen LogP contribution in [0.1, 0.15) is 64.5 Å². The van der Waals surface area contributed by atoms with Gasteiger partial charge in [-0.15, -0.1) is 0 Å². The summed E-state index contributed by atoms with van der Waals surface area (Å²) in [4.78, 5) is 29.1. The van der Waals surface area contributed by atoms with Crippen molar-refractivity contribution >= 4 is 78.0 Å². The van der Waals surface area contributed by atoms with E-state index in [-0.39, 0.29) is 99.7 Å². The van der Waals surface area contributed by atoms with Gasteiger partial charge in [-0.25, -0.2) is 21.6 Å². The molecule has 2 unspecified atom stereocenters. The van der Waals surface area contributed by atoms with Gasteiger partial charge in [-0.2, -0.15) is 0 Å². The van der Waals surface area contributed by atoms with Crippen LogP contribution in [-0.2, 0) is 61.5 Å². The lowest BCUT2D eigenvalue weighted by atomic mass is 9.85. The van der Waals surface area contributed by atoms with E-state index < -0.39 is 31.6 Å². The number of carbonyl (C=O) groups is 2. The molecule has 370 valence electrons. The van der Waals surface area contributed by atoms with E-state index in [1.807, 2.05) is 50.5 Å². The first-order valence-electron chi connectivity index (χ1n) is 22.4. The highest BCUT2D eigenvalue weighted by molar-refractivity contribution is 7.91. The second kappa shape index (κ2) is 25.8. The first kappa shape index (κ1) is 54.1. The molecule has 2 aliphatic rings. The Balaban J connectivity index is 0.746. The van der Waals surface area contributed by atoms with Gasteiger partial charge in [0.25, 0.3) is 5.91 Å². The number of Topliss-reactive ketones (excluding diaryl/α,β-unsaturated/α-hetero) is 1. The van der Waals surface area contributed by atoms with E-state index in [1.54, 1.807) is 36.4 Å². The van der Waals surface area contributed by atoms with Crippen molar-refractivity contribution in [3.05, 3.63) is 126 Å². The molecule has 2 N–H and O–H groups in total. The van der Waals surface area contributed by atoms with Crippen LogP contribution in [0.2, 0.25) is 20.1 Å². The number of nitrogens with one attached hydrogen (secondary N) is 2. The summed E-state index contributed by atoms with van der Waals surface area (Å²) >= 11 is 25.6. The monoisotopic (exact) mass is 1050 g/mol. The number of nitrogens with zero attached hydrogens (tertiary/aromatic N) is 2. The molecule has 2 aliphatic heterocycles. The smallest absolute Gasteiger partial charge is 0.287 e. The molecular weight excluding hydrogens is 998 g/mol. The molecule has 0 saturated carbocycles. The molecule has 0 spiro atoms. The molecule has 2 heterocycles. The summed E-state index contributed by atoms with van der Waals surface area (Å²) in [6.45, 7) is 4.87.